The predicted octanol–water partition coefficient (Wildman–Crippen LogP) is 1.42. The lowest BCUT2D eigenvalue weighted by Crippen LogP contribution is -2.53. The van der Waals surface area contributed by atoms with Gasteiger partial charge in [-0.25, -0.2) is 4.39 Å². The van der Waals surface area contributed by atoms with E-state index < -0.39 is 12.2 Å². The third-order valence-electron chi connectivity index (χ3n) is 4.76. The normalized spacial score (nSPS) is 22.2. The first-order valence-corrected chi connectivity index (χ1v) is 8.24. The number of hydrogen-bond acceptors (Lipinski definition) is 3. The number of aromatic amines is 1. The lowest BCUT2D eigenvalue weighted by molar-refractivity contribution is 0.0695. The highest BCUT2D eigenvalue weighted by Crippen LogP contribution is 2.19. The molecule has 2 aromatic rings. The van der Waals surface area contributed by atoms with Crippen molar-refractivity contribution in [1.82, 2.24) is 19.8 Å². The van der Waals surface area contributed by atoms with E-state index in [9.17, 15) is 14.0 Å². The Bertz CT molecular complexity index is 811. The summed E-state index contributed by atoms with van der Waals surface area (Å²) in [7, 11) is 1.60. The Labute approximate surface area is 139 Å². The first-order chi connectivity index (χ1) is 11.4. The van der Waals surface area contributed by atoms with E-state index in [1.165, 1.54) is 10.8 Å². The average Bonchev–Trinajstić information content (AvgIpc) is 3.02. The Balaban J connectivity index is 1.80. The number of amides is 1. The van der Waals surface area contributed by atoms with E-state index in [1.54, 1.807) is 19.3 Å². The Kier molecular flexibility index (Phi) is 4.45. The maximum Gasteiger partial charge on any atom is 0.274 e. The minimum Gasteiger partial charge on any atom is -0.357 e. The van der Waals surface area contributed by atoms with Crippen molar-refractivity contribution in [2.24, 2.45) is 7.05 Å². The number of piperidine rings is 1. The van der Waals surface area contributed by atoms with Gasteiger partial charge in [0.15, 0.2) is 0 Å². The fourth-order valence-corrected chi connectivity index (χ4v) is 3.26. The van der Waals surface area contributed by atoms with E-state index in [0.717, 1.165) is 6.54 Å². The zero-order valence-corrected chi connectivity index (χ0v) is 14.2. The van der Waals surface area contributed by atoms with Crippen LogP contribution in [0.15, 0.2) is 23.3 Å². The standard InChI is InChI=1S/C17H23FN4O2/c1-10(2)22-7-5-14(13(18)9-22)20-16(23)12-8-21(3)17(24)15-11(12)4-6-19-15/h4,6,8,10,13-14,19H,5,7,9H2,1-3H3,(H,20,23)/t13-,14+/m1/s1. The summed E-state index contributed by atoms with van der Waals surface area (Å²) in [5, 5.41) is 3.36. The van der Waals surface area contributed by atoms with Gasteiger partial charge in [0.2, 0.25) is 0 Å². The van der Waals surface area contributed by atoms with Crippen molar-refractivity contribution in [2.45, 2.75) is 38.5 Å². The summed E-state index contributed by atoms with van der Waals surface area (Å²) >= 11 is 0. The van der Waals surface area contributed by atoms with Crippen LogP contribution >= 0.6 is 0 Å². The molecule has 1 saturated heterocycles. The molecule has 1 fully saturated rings. The molecule has 0 spiro atoms. The van der Waals surface area contributed by atoms with Crippen molar-refractivity contribution in [3.05, 3.63) is 34.4 Å². The molecule has 0 aliphatic carbocycles. The van der Waals surface area contributed by atoms with Gasteiger partial charge in [-0.2, -0.15) is 0 Å². The number of carbonyl (C=O) groups excluding carboxylic acids is 1. The molecule has 130 valence electrons. The molecule has 3 rings (SSSR count). The molecule has 6 nitrogen and oxygen atoms in total. The molecule has 2 aromatic heterocycles. The number of alkyl halides is 1. The Morgan fingerprint density at radius 2 is 2.21 bits per heavy atom. The largest absolute Gasteiger partial charge is 0.357 e. The van der Waals surface area contributed by atoms with Gasteiger partial charge in [-0.05, 0) is 26.3 Å². The molecule has 7 heteroatoms. The molecule has 1 aliphatic rings. The summed E-state index contributed by atoms with van der Waals surface area (Å²) in [5.74, 6) is -0.346. The zero-order valence-electron chi connectivity index (χ0n) is 14.2. The van der Waals surface area contributed by atoms with Gasteiger partial charge >= 0.3 is 0 Å². The average molecular weight is 334 g/mol. The van der Waals surface area contributed by atoms with Crippen molar-refractivity contribution >= 4 is 16.8 Å². The van der Waals surface area contributed by atoms with Crippen molar-refractivity contribution < 1.29 is 9.18 Å². The molecule has 1 aliphatic heterocycles. The first kappa shape index (κ1) is 16.7. The number of pyridine rings is 1. The van der Waals surface area contributed by atoms with E-state index in [4.69, 9.17) is 0 Å². The highest BCUT2D eigenvalue weighted by Gasteiger charge is 2.31. The lowest BCUT2D eigenvalue weighted by atomic mass is 10.0. The highest BCUT2D eigenvalue weighted by molar-refractivity contribution is 6.06. The Morgan fingerprint density at radius 3 is 2.88 bits per heavy atom. The van der Waals surface area contributed by atoms with E-state index in [-0.39, 0.29) is 11.5 Å². The second-order valence-electron chi connectivity index (χ2n) is 6.70. The maximum absolute atomic E-state index is 14.4. The molecule has 0 radical (unpaired) electrons. The summed E-state index contributed by atoms with van der Waals surface area (Å²) in [6.45, 7) is 5.17. The number of halogens is 1. The number of H-pyrrole nitrogens is 1. The molecular weight excluding hydrogens is 311 g/mol. The molecule has 1 amide bonds. The predicted molar refractivity (Wildman–Crippen MR) is 91.0 cm³/mol. The number of carbonyl (C=O) groups is 1. The van der Waals surface area contributed by atoms with Gasteiger partial charge < -0.3 is 14.9 Å². The summed E-state index contributed by atoms with van der Waals surface area (Å²) < 4.78 is 15.8. The van der Waals surface area contributed by atoms with Crippen LogP contribution in [0.1, 0.15) is 30.6 Å². The minimum atomic E-state index is -1.10. The lowest BCUT2D eigenvalue weighted by Gasteiger charge is -2.37. The molecule has 0 unspecified atom stereocenters. The number of nitrogens with one attached hydrogen (secondary N) is 2. The third kappa shape index (κ3) is 2.96. The van der Waals surface area contributed by atoms with Crippen LogP contribution < -0.4 is 10.9 Å². The Hall–Kier alpha value is -2.15. The van der Waals surface area contributed by atoms with E-state index in [0.29, 0.717) is 35.5 Å². The number of fused-ring (bicyclic) bond motifs is 1. The molecule has 0 saturated carbocycles. The Morgan fingerprint density at radius 1 is 1.46 bits per heavy atom. The van der Waals surface area contributed by atoms with Crippen LogP contribution in [0.3, 0.4) is 0 Å². The quantitative estimate of drug-likeness (QED) is 0.892. The fourth-order valence-electron chi connectivity index (χ4n) is 3.26. The van der Waals surface area contributed by atoms with Gasteiger partial charge in [0.1, 0.15) is 11.7 Å². The monoisotopic (exact) mass is 334 g/mol. The number of aryl methyl sites for hydroxylation is 1. The molecule has 3 heterocycles. The van der Waals surface area contributed by atoms with Gasteiger partial charge in [-0.3, -0.25) is 14.5 Å². The van der Waals surface area contributed by atoms with Crippen LogP contribution in [0.4, 0.5) is 4.39 Å². The summed E-state index contributed by atoms with van der Waals surface area (Å²) in [5.41, 5.74) is 0.573. The van der Waals surface area contributed by atoms with Crippen molar-refractivity contribution in [3.8, 4) is 0 Å². The van der Waals surface area contributed by atoms with Crippen LogP contribution in [0, 0.1) is 0 Å². The molecule has 0 bridgehead atoms. The molecule has 24 heavy (non-hydrogen) atoms. The second kappa shape index (κ2) is 6.39. The maximum atomic E-state index is 14.4. The molecule has 0 aromatic carbocycles. The fraction of sp³-hybridized carbons (Fsp3) is 0.529. The van der Waals surface area contributed by atoms with Gasteiger partial charge in [0, 0.05) is 44.0 Å². The zero-order chi connectivity index (χ0) is 17.4. The number of nitrogens with zero attached hydrogens (tertiary/aromatic N) is 2. The highest BCUT2D eigenvalue weighted by atomic mass is 19.1. The number of rotatable bonds is 3. The summed E-state index contributed by atoms with van der Waals surface area (Å²) in [4.78, 5) is 29.6. The van der Waals surface area contributed by atoms with Crippen LogP contribution in [-0.2, 0) is 7.05 Å². The summed E-state index contributed by atoms with van der Waals surface area (Å²) in [6, 6.07) is 1.49. The molecular formula is C17H23FN4O2. The minimum absolute atomic E-state index is 0.194. The van der Waals surface area contributed by atoms with Gasteiger partial charge in [0.25, 0.3) is 11.5 Å². The van der Waals surface area contributed by atoms with Crippen LogP contribution in [0.2, 0.25) is 0 Å². The summed E-state index contributed by atoms with van der Waals surface area (Å²) in [6.07, 6.45) is 2.61. The molecule has 2 N–H and O–H groups in total. The van der Waals surface area contributed by atoms with Crippen molar-refractivity contribution in [1.29, 1.82) is 0 Å². The second-order valence-corrected chi connectivity index (χ2v) is 6.70. The molecule has 2 atom stereocenters. The topological polar surface area (TPSA) is 70.1 Å². The number of likely N-dealkylation sites (tertiary alicyclic amines) is 1. The van der Waals surface area contributed by atoms with Gasteiger partial charge in [-0.1, -0.05) is 0 Å². The van der Waals surface area contributed by atoms with Crippen LogP contribution in [0.5, 0.6) is 0 Å². The van der Waals surface area contributed by atoms with Gasteiger partial charge in [0.05, 0.1) is 11.6 Å². The third-order valence-corrected chi connectivity index (χ3v) is 4.76. The van der Waals surface area contributed by atoms with E-state index in [2.05, 4.69) is 15.2 Å². The van der Waals surface area contributed by atoms with Crippen LogP contribution in [0.25, 0.3) is 10.9 Å². The van der Waals surface area contributed by atoms with E-state index >= 15 is 0 Å². The van der Waals surface area contributed by atoms with Gasteiger partial charge in [-0.15, -0.1) is 0 Å². The van der Waals surface area contributed by atoms with E-state index in [1.807, 2.05) is 13.8 Å². The van der Waals surface area contributed by atoms with Crippen molar-refractivity contribution in [3.63, 3.8) is 0 Å². The smallest absolute Gasteiger partial charge is 0.274 e. The number of aromatic nitrogens is 2. The van der Waals surface area contributed by atoms with Crippen LogP contribution in [-0.4, -0.2) is 51.7 Å². The van der Waals surface area contributed by atoms with Crippen molar-refractivity contribution in [2.75, 3.05) is 13.1 Å². The SMILES string of the molecule is CC(C)N1CC[C@H](NC(=O)c2cn(C)c(=O)c3[nH]ccc23)[C@H](F)C1. The number of hydrogen-bond donors (Lipinski definition) is 2. The first-order valence-electron chi connectivity index (χ1n) is 8.24.